The molecule has 0 aliphatic heterocycles. The van der Waals surface area contributed by atoms with E-state index in [2.05, 4.69) is 5.32 Å². The number of hydrogen-bond donors (Lipinski definition) is 2. The van der Waals surface area contributed by atoms with E-state index in [1.54, 1.807) is 37.3 Å². The van der Waals surface area contributed by atoms with Crippen LogP contribution in [0.3, 0.4) is 0 Å². The van der Waals surface area contributed by atoms with E-state index < -0.39 is 29.2 Å². The van der Waals surface area contributed by atoms with Crippen molar-refractivity contribution in [3.05, 3.63) is 59.9 Å². The number of carbonyl (C=O) groups excluding carboxylic acids is 1. The smallest absolute Gasteiger partial charge is 0.309 e. The average molecular weight is 359 g/mol. The van der Waals surface area contributed by atoms with E-state index in [-0.39, 0.29) is 12.2 Å². The van der Waals surface area contributed by atoms with Gasteiger partial charge in [0.05, 0.1) is 11.5 Å². The van der Waals surface area contributed by atoms with E-state index in [4.69, 9.17) is 9.84 Å². The van der Waals surface area contributed by atoms with Crippen LogP contribution in [0.15, 0.2) is 48.5 Å². The number of ether oxygens (including phenoxy) is 1. The Morgan fingerprint density at radius 2 is 1.85 bits per heavy atom. The summed E-state index contributed by atoms with van der Waals surface area (Å²) in [4.78, 5) is 23.1. The molecule has 0 aliphatic carbocycles. The topological polar surface area (TPSA) is 75.6 Å². The molecule has 0 bridgehead atoms. The van der Waals surface area contributed by atoms with Gasteiger partial charge in [-0.3, -0.25) is 9.59 Å². The number of benzene rings is 2. The van der Waals surface area contributed by atoms with Crippen molar-refractivity contribution in [1.29, 1.82) is 0 Å². The fourth-order valence-corrected chi connectivity index (χ4v) is 2.34. The molecule has 0 fully saturated rings. The quantitative estimate of drug-likeness (QED) is 0.773. The molecule has 0 heterocycles. The number of halogens is 1. The summed E-state index contributed by atoms with van der Waals surface area (Å²) in [6.45, 7) is 4.67. The fraction of sp³-hybridized carbons (Fsp3) is 0.300. The van der Waals surface area contributed by atoms with E-state index in [0.717, 1.165) is 0 Å². The Bertz CT molecular complexity index is 790. The Morgan fingerprint density at radius 3 is 2.42 bits per heavy atom. The number of hydrogen-bond acceptors (Lipinski definition) is 3. The van der Waals surface area contributed by atoms with Crippen LogP contribution < -0.4 is 10.1 Å². The van der Waals surface area contributed by atoms with Crippen molar-refractivity contribution in [3.63, 3.8) is 0 Å². The molecular weight excluding hydrogens is 337 g/mol. The predicted molar refractivity (Wildman–Crippen MR) is 95.5 cm³/mol. The van der Waals surface area contributed by atoms with Crippen LogP contribution >= 0.6 is 0 Å². The van der Waals surface area contributed by atoms with E-state index >= 15 is 0 Å². The number of para-hydroxylation sites is 1. The van der Waals surface area contributed by atoms with Gasteiger partial charge < -0.3 is 15.2 Å². The van der Waals surface area contributed by atoms with Gasteiger partial charge in [0.1, 0.15) is 5.75 Å². The molecule has 1 amide bonds. The minimum atomic E-state index is -1.16. The van der Waals surface area contributed by atoms with Crippen molar-refractivity contribution in [2.75, 3.05) is 0 Å². The Hall–Kier alpha value is -2.89. The van der Waals surface area contributed by atoms with Gasteiger partial charge >= 0.3 is 5.97 Å². The number of amides is 1. The zero-order valence-corrected chi connectivity index (χ0v) is 15.0. The molecule has 1 atom stereocenters. The first kappa shape index (κ1) is 19.4. The average Bonchev–Trinajstić information content (AvgIpc) is 2.56. The lowest BCUT2D eigenvalue weighted by atomic mass is 9.89. The Morgan fingerprint density at radius 1 is 1.19 bits per heavy atom. The second-order valence-electron chi connectivity index (χ2n) is 6.76. The maximum absolute atomic E-state index is 14.3. The number of carboxylic acid groups (broad SMARTS) is 1. The number of rotatable bonds is 7. The normalized spacial score (nSPS) is 12.3. The maximum atomic E-state index is 14.3. The first-order chi connectivity index (χ1) is 12.2. The van der Waals surface area contributed by atoms with Gasteiger partial charge in [0.25, 0.3) is 0 Å². The van der Waals surface area contributed by atoms with Crippen molar-refractivity contribution in [2.45, 2.75) is 33.2 Å². The summed E-state index contributed by atoms with van der Waals surface area (Å²) < 4.78 is 19.8. The summed E-state index contributed by atoms with van der Waals surface area (Å²) >= 11 is 0. The van der Waals surface area contributed by atoms with Crippen LogP contribution in [0, 0.1) is 11.2 Å². The van der Waals surface area contributed by atoms with E-state index in [9.17, 15) is 14.0 Å². The van der Waals surface area contributed by atoms with Crippen LogP contribution in [0.4, 0.5) is 4.39 Å². The highest BCUT2D eigenvalue weighted by molar-refractivity contribution is 5.84. The molecule has 0 aromatic heterocycles. The van der Waals surface area contributed by atoms with E-state index in [1.807, 2.05) is 6.07 Å². The Kier molecular flexibility index (Phi) is 5.97. The Balaban J connectivity index is 2.03. The van der Waals surface area contributed by atoms with Crippen LogP contribution in [-0.4, -0.2) is 17.0 Å². The molecule has 6 heteroatoms. The molecule has 0 spiro atoms. The molecule has 2 N–H and O–H groups in total. The minimum absolute atomic E-state index is 0.0884. The third kappa shape index (κ3) is 5.05. The first-order valence-electron chi connectivity index (χ1n) is 8.24. The Labute approximate surface area is 151 Å². The van der Waals surface area contributed by atoms with Crippen molar-refractivity contribution in [3.8, 4) is 11.5 Å². The predicted octanol–water partition coefficient (Wildman–Crippen LogP) is 4.30. The molecule has 0 aliphatic rings. The largest absolute Gasteiger partial charge is 0.481 e. The molecule has 5 nitrogen and oxygen atoms in total. The molecule has 138 valence electrons. The van der Waals surface area contributed by atoms with Crippen LogP contribution in [-0.2, 0) is 9.59 Å². The number of carboxylic acids is 1. The zero-order valence-electron chi connectivity index (χ0n) is 15.0. The summed E-state index contributed by atoms with van der Waals surface area (Å²) in [7, 11) is 0. The van der Waals surface area contributed by atoms with Crippen LogP contribution in [0.5, 0.6) is 11.5 Å². The highest BCUT2D eigenvalue weighted by Crippen LogP contribution is 2.27. The summed E-state index contributed by atoms with van der Waals surface area (Å²) in [6.07, 6.45) is -0.162. The van der Waals surface area contributed by atoms with Gasteiger partial charge in [-0.15, -0.1) is 0 Å². The van der Waals surface area contributed by atoms with E-state index in [0.29, 0.717) is 11.3 Å². The van der Waals surface area contributed by atoms with Crippen molar-refractivity contribution >= 4 is 11.9 Å². The summed E-state index contributed by atoms with van der Waals surface area (Å²) in [5, 5.41) is 11.8. The molecule has 2 aromatic carbocycles. The van der Waals surface area contributed by atoms with Gasteiger partial charge in [0.15, 0.2) is 11.6 Å². The van der Waals surface area contributed by atoms with Crippen molar-refractivity contribution < 1.29 is 23.8 Å². The molecule has 26 heavy (non-hydrogen) atoms. The van der Waals surface area contributed by atoms with Gasteiger partial charge in [0.2, 0.25) is 5.91 Å². The molecule has 2 rings (SSSR count). The first-order valence-corrected chi connectivity index (χ1v) is 8.24. The monoisotopic (exact) mass is 359 g/mol. The zero-order chi connectivity index (χ0) is 19.3. The molecular formula is C20H22FNO4. The fourth-order valence-electron chi connectivity index (χ4n) is 2.34. The van der Waals surface area contributed by atoms with Crippen LogP contribution in [0.2, 0.25) is 0 Å². The van der Waals surface area contributed by atoms with Gasteiger partial charge in [-0.1, -0.05) is 24.3 Å². The summed E-state index contributed by atoms with van der Waals surface area (Å²) in [5.74, 6) is -1.39. The van der Waals surface area contributed by atoms with Crippen molar-refractivity contribution in [1.82, 2.24) is 5.32 Å². The van der Waals surface area contributed by atoms with Crippen molar-refractivity contribution in [2.24, 2.45) is 5.41 Å². The molecule has 1 unspecified atom stereocenters. The highest BCUT2D eigenvalue weighted by atomic mass is 19.1. The van der Waals surface area contributed by atoms with Gasteiger partial charge in [-0.2, -0.15) is 0 Å². The summed E-state index contributed by atoms with van der Waals surface area (Å²) in [6, 6.07) is 12.9. The lowest BCUT2D eigenvalue weighted by Gasteiger charge is -2.21. The highest BCUT2D eigenvalue weighted by Gasteiger charge is 2.30. The molecule has 0 radical (unpaired) electrons. The van der Waals surface area contributed by atoms with E-state index in [1.165, 1.54) is 26.0 Å². The number of aliphatic carboxylic acids is 1. The maximum Gasteiger partial charge on any atom is 0.309 e. The standard InChI is InChI=1S/C20H22FNO4/c1-13(22-18(23)12-20(2,3)19(24)25)14-9-10-17(16(21)11-14)26-15-7-5-4-6-8-15/h4-11,13H,12H2,1-3H3,(H,22,23)(H,24,25). The SMILES string of the molecule is CC(NC(=O)CC(C)(C)C(=O)O)c1ccc(Oc2ccccc2)c(F)c1. The lowest BCUT2D eigenvalue weighted by Crippen LogP contribution is -2.34. The number of nitrogens with one attached hydrogen (secondary N) is 1. The van der Waals surface area contributed by atoms with Gasteiger partial charge in [-0.25, -0.2) is 4.39 Å². The van der Waals surface area contributed by atoms with Crippen LogP contribution in [0.25, 0.3) is 0 Å². The molecule has 0 saturated carbocycles. The third-order valence-corrected chi connectivity index (χ3v) is 3.99. The molecule has 0 saturated heterocycles. The lowest BCUT2D eigenvalue weighted by molar-refractivity contribution is -0.149. The molecule has 2 aromatic rings. The van der Waals surface area contributed by atoms with Gasteiger partial charge in [0, 0.05) is 6.42 Å². The summed E-state index contributed by atoms with van der Waals surface area (Å²) in [5.41, 5.74) is -0.605. The second-order valence-corrected chi connectivity index (χ2v) is 6.76. The van der Waals surface area contributed by atoms with Gasteiger partial charge in [-0.05, 0) is 50.6 Å². The number of carbonyl (C=O) groups is 2. The third-order valence-electron chi connectivity index (χ3n) is 3.99. The van der Waals surface area contributed by atoms with Crippen LogP contribution in [0.1, 0.15) is 38.8 Å². The minimum Gasteiger partial charge on any atom is -0.481 e. The second kappa shape index (κ2) is 7.99.